The highest BCUT2D eigenvalue weighted by atomic mass is 79.9. The van der Waals surface area contributed by atoms with Crippen molar-refractivity contribution in [3.05, 3.63) is 34.1 Å². The van der Waals surface area contributed by atoms with Crippen molar-refractivity contribution >= 4 is 15.9 Å². The maximum Gasteiger partial charge on any atom is 0.124 e. The fourth-order valence-electron chi connectivity index (χ4n) is 3.59. The summed E-state index contributed by atoms with van der Waals surface area (Å²) in [7, 11) is 0. The van der Waals surface area contributed by atoms with E-state index in [-0.39, 0.29) is 11.2 Å². The molecule has 0 heterocycles. The van der Waals surface area contributed by atoms with Crippen LogP contribution in [0, 0.1) is 17.2 Å². The second-order valence-corrected chi connectivity index (χ2v) is 7.56. The molecular formula is C18H27BrFN. The summed E-state index contributed by atoms with van der Waals surface area (Å²) in [5, 5.41) is 0. The number of rotatable bonds is 6. The SMILES string of the molecule is CCCCC1CCC(CN)(Cc2ccc(F)cc2Br)CC1. The molecule has 1 saturated carbocycles. The Morgan fingerprint density at radius 1 is 1.33 bits per heavy atom. The van der Waals surface area contributed by atoms with Crippen LogP contribution in [0.1, 0.15) is 57.4 Å². The average Bonchev–Trinajstić information content (AvgIpc) is 2.49. The predicted octanol–water partition coefficient (Wildman–Crippen LogP) is 5.46. The summed E-state index contributed by atoms with van der Waals surface area (Å²) in [4.78, 5) is 0. The van der Waals surface area contributed by atoms with Gasteiger partial charge in [0.2, 0.25) is 0 Å². The number of halogens is 2. The first-order chi connectivity index (χ1) is 10.1. The highest BCUT2D eigenvalue weighted by Crippen LogP contribution is 2.43. The molecule has 118 valence electrons. The number of hydrogen-bond acceptors (Lipinski definition) is 1. The van der Waals surface area contributed by atoms with E-state index in [0.717, 1.165) is 23.4 Å². The number of unbranched alkanes of at least 4 members (excludes halogenated alkanes) is 1. The van der Waals surface area contributed by atoms with Crippen LogP contribution in [0.2, 0.25) is 0 Å². The molecule has 0 aromatic heterocycles. The van der Waals surface area contributed by atoms with Gasteiger partial charge in [-0.3, -0.25) is 0 Å². The van der Waals surface area contributed by atoms with Crippen molar-refractivity contribution in [2.45, 2.75) is 58.3 Å². The molecule has 0 bridgehead atoms. The van der Waals surface area contributed by atoms with E-state index in [2.05, 4.69) is 22.9 Å². The van der Waals surface area contributed by atoms with E-state index in [1.807, 2.05) is 6.07 Å². The zero-order valence-corrected chi connectivity index (χ0v) is 14.6. The molecule has 21 heavy (non-hydrogen) atoms. The predicted molar refractivity (Wildman–Crippen MR) is 90.8 cm³/mol. The summed E-state index contributed by atoms with van der Waals surface area (Å²) in [5.74, 6) is 0.706. The molecule has 0 saturated heterocycles. The van der Waals surface area contributed by atoms with Gasteiger partial charge in [-0.25, -0.2) is 4.39 Å². The highest BCUT2D eigenvalue weighted by molar-refractivity contribution is 9.10. The average molecular weight is 356 g/mol. The van der Waals surface area contributed by atoms with Gasteiger partial charge in [0.05, 0.1) is 0 Å². The Labute approximate surface area is 136 Å². The Bertz CT molecular complexity index is 453. The summed E-state index contributed by atoms with van der Waals surface area (Å²) in [5.41, 5.74) is 7.52. The monoisotopic (exact) mass is 355 g/mol. The molecule has 1 aliphatic carbocycles. The van der Waals surface area contributed by atoms with Gasteiger partial charge in [0.1, 0.15) is 5.82 Å². The van der Waals surface area contributed by atoms with Crippen molar-refractivity contribution in [2.24, 2.45) is 17.1 Å². The van der Waals surface area contributed by atoms with Crippen LogP contribution in [0.3, 0.4) is 0 Å². The Morgan fingerprint density at radius 3 is 2.62 bits per heavy atom. The van der Waals surface area contributed by atoms with Crippen molar-refractivity contribution < 1.29 is 4.39 Å². The molecular weight excluding hydrogens is 329 g/mol. The first-order valence-corrected chi connectivity index (χ1v) is 9.02. The Balaban J connectivity index is 1.99. The maximum absolute atomic E-state index is 13.2. The Hall–Kier alpha value is -0.410. The molecule has 0 amide bonds. The summed E-state index contributed by atoms with van der Waals surface area (Å²) in [6, 6.07) is 5.02. The van der Waals surface area contributed by atoms with Crippen LogP contribution < -0.4 is 5.73 Å². The van der Waals surface area contributed by atoms with Gasteiger partial charge in [-0.15, -0.1) is 0 Å². The fraction of sp³-hybridized carbons (Fsp3) is 0.667. The molecule has 0 radical (unpaired) electrons. The van der Waals surface area contributed by atoms with Crippen molar-refractivity contribution in [2.75, 3.05) is 6.54 Å². The van der Waals surface area contributed by atoms with Crippen LogP contribution in [0.5, 0.6) is 0 Å². The fourth-order valence-corrected chi connectivity index (χ4v) is 4.08. The van der Waals surface area contributed by atoms with E-state index in [9.17, 15) is 4.39 Å². The molecule has 1 aliphatic rings. The largest absolute Gasteiger partial charge is 0.330 e. The van der Waals surface area contributed by atoms with Gasteiger partial charge in [0, 0.05) is 4.47 Å². The zero-order valence-electron chi connectivity index (χ0n) is 13.0. The third-order valence-corrected chi connectivity index (χ3v) is 5.88. The number of hydrogen-bond donors (Lipinski definition) is 1. The molecule has 2 N–H and O–H groups in total. The summed E-state index contributed by atoms with van der Waals surface area (Å²) >= 11 is 3.49. The second kappa shape index (κ2) is 7.73. The minimum atomic E-state index is -0.185. The first kappa shape index (κ1) is 17.0. The summed E-state index contributed by atoms with van der Waals surface area (Å²) < 4.78 is 14.1. The second-order valence-electron chi connectivity index (χ2n) is 6.70. The third-order valence-electron chi connectivity index (χ3n) is 5.15. The molecule has 2 rings (SSSR count). The molecule has 0 unspecified atom stereocenters. The lowest BCUT2D eigenvalue weighted by atomic mass is 9.67. The van der Waals surface area contributed by atoms with Crippen LogP contribution in [-0.2, 0) is 6.42 Å². The third kappa shape index (κ3) is 4.53. The van der Waals surface area contributed by atoms with Gasteiger partial charge >= 0.3 is 0 Å². The Morgan fingerprint density at radius 2 is 2.05 bits per heavy atom. The van der Waals surface area contributed by atoms with E-state index >= 15 is 0 Å². The van der Waals surface area contributed by atoms with Gasteiger partial charge in [-0.05, 0) is 67.7 Å². The normalized spacial score (nSPS) is 26.0. The van der Waals surface area contributed by atoms with Crippen LogP contribution >= 0.6 is 15.9 Å². The summed E-state index contributed by atoms with van der Waals surface area (Å²) in [6.07, 6.45) is 10.0. The molecule has 0 atom stereocenters. The van der Waals surface area contributed by atoms with Crippen LogP contribution in [0.15, 0.2) is 22.7 Å². The summed E-state index contributed by atoms with van der Waals surface area (Å²) in [6.45, 7) is 3.00. The zero-order chi connectivity index (χ0) is 15.3. The number of nitrogens with two attached hydrogens (primary N) is 1. The lowest BCUT2D eigenvalue weighted by Gasteiger charge is -2.40. The van der Waals surface area contributed by atoms with Crippen LogP contribution in [0.4, 0.5) is 4.39 Å². The lowest BCUT2D eigenvalue weighted by molar-refractivity contribution is 0.149. The molecule has 3 heteroatoms. The molecule has 0 spiro atoms. The van der Waals surface area contributed by atoms with E-state index in [1.165, 1.54) is 50.5 Å². The van der Waals surface area contributed by atoms with Gasteiger partial charge in [0.15, 0.2) is 0 Å². The van der Waals surface area contributed by atoms with Crippen molar-refractivity contribution in [1.82, 2.24) is 0 Å². The molecule has 1 aromatic carbocycles. The lowest BCUT2D eigenvalue weighted by Crippen LogP contribution is -2.37. The van der Waals surface area contributed by atoms with Crippen molar-refractivity contribution in [1.29, 1.82) is 0 Å². The van der Waals surface area contributed by atoms with Gasteiger partial charge in [0.25, 0.3) is 0 Å². The molecule has 1 nitrogen and oxygen atoms in total. The molecule has 1 aromatic rings. The van der Waals surface area contributed by atoms with Crippen molar-refractivity contribution in [3.63, 3.8) is 0 Å². The highest BCUT2D eigenvalue weighted by Gasteiger charge is 2.34. The van der Waals surface area contributed by atoms with E-state index in [0.29, 0.717) is 0 Å². The van der Waals surface area contributed by atoms with Gasteiger partial charge in [-0.2, -0.15) is 0 Å². The maximum atomic E-state index is 13.2. The van der Waals surface area contributed by atoms with E-state index in [4.69, 9.17) is 5.73 Å². The van der Waals surface area contributed by atoms with Gasteiger partial charge < -0.3 is 5.73 Å². The van der Waals surface area contributed by atoms with Crippen LogP contribution in [-0.4, -0.2) is 6.54 Å². The first-order valence-electron chi connectivity index (χ1n) is 8.22. The number of benzene rings is 1. The smallest absolute Gasteiger partial charge is 0.124 e. The minimum absolute atomic E-state index is 0.185. The minimum Gasteiger partial charge on any atom is -0.330 e. The quantitative estimate of drug-likeness (QED) is 0.720. The van der Waals surface area contributed by atoms with Gasteiger partial charge in [-0.1, -0.05) is 48.2 Å². The Kier molecular flexibility index (Phi) is 6.24. The van der Waals surface area contributed by atoms with E-state index < -0.39 is 0 Å². The van der Waals surface area contributed by atoms with E-state index in [1.54, 1.807) is 12.1 Å². The molecule has 1 fully saturated rings. The standard InChI is InChI=1S/C18H27BrFN/c1-2-3-4-14-7-9-18(13-21,10-8-14)12-15-5-6-16(20)11-17(15)19/h5-6,11,14H,2-4,7-10,12-13,21H2,1H3. The van der Waals surface area contributed by atoms with Crippen molar-refractivity contribution in [3.8, 4) is 0 Å². The topological polar surface area (TPSA) is 26.0 Å². The molecule has 0 aliphatic heterocycles. The van der Waals surface area contributed by atoms with Crippen LogP contribution in [0.25, 0.3) is 0 Å².